The lowest BCUT2D eigenvalue weighted by Gasteiger charge is -2.14. The van der Waals surface area contributed by atoms with Crippen molar-refractivity contribution >= 4 is 0 Å². The first kappa shape index (κ1) is 24.0. The van der Waals surface area contributed by atoms with Gasteiger partial charge in [0.2, 0.25) is 0 Å². The van der Waals surface area contributed by atoms with Crippen LogP contribution in [0.5, 0.6) is 0 Å². The second-order valence-corrected chi connectivity index (χ2v) is 4.43. The quantitative estimate of drug-likeness (QED) is 0.480. The lowest BCUT2D eigenvalue weighted by molar-refractivity contribution is 0.592. The molecule has 0 amide bonds. The van der Waals surface area contributed by atoms with E-state index in [1.807, 2.05) is 27.0 Å². The molecule has 0 fully saturated rings. The molecule has 1 atom stereocenters. The van der Waals surface area contributed by atoms with Crippen molar-refractivity contribution in [2.24, 2.45) is 11.8 Å². The molecule has 0 heterocycles. The Balaban J connectivity index is -0.000000295. The predicted molar refractivity (Wildman–Crippen MR) is 97.2 cm³/mol. The highest BCUT2D eigenvalue weighted by Crippen LogP contribution is 2.15. The van der Waals surface area contributed by atoms with Crippen LogP contribution < -0.4 is 5.32 Å². The zero-order chi connectivity index (χ0) is 16.4. The third-order valence-corrected chi connectivity index (χ3v) is 2.59. The summed E-state index contributed by atoms with van der Waals surface area (Å²) in [6, 6.07) is 0. The van der Waals surface area contributed by atoms with Crippen molar-refractivity contribution in [3.05, 3.63) is 49.6 Å². The highest BCUT2D eigenvalue weighted by Gasteiger charge is 2.05. The largest absolute Gasteiger partial charge is 0.319 e. The molecule has 118 valence electrons. The molecule has 0 aromatic carbocycles. The van der Waals surface area contributed by atoms with Gasteiger partial charge in [-0.1, -0.05) is 77.5 Å². The highest BCUT2D eigenvalue weighted by atomic mass is 14.8. The Morgan fingerprint density at radius 3 is 2.00 bits per heavy atom. The van der Waals surface area contributed by atoms with Crippen LogP contribution in [0.2, 0.25) is 0 Å². The molecule has 1 nitrogen and oxygen atoms in total. The molecule has 1 aliphatic carbocycles. The molecular weight excluding hydrogens is 242 g/mol. The number of hydrogen-bond acceptors (Lipinski definition) is 1. The molecular formula is C19H37N. The van der Waals surface area contributed by atoms with Gasteiger partial charge in [0.25, 0.3) is 0 Å². The van der Waals surface area contributed by atoms with Crippen molar-refractivity contribution in [2.45, 2.75) is 47.5 Å². The molecule has 20 heavy (non-hydrogen) atoms. The molecule has 0 bridgehead atoms. The maximum atomic E-state index is 3.73. The van der Waals surface area contributed by atoms with Crippen molar-refractivity contribution in [3.63, 3.8) is 0 Å². The van der Waals surface area contributed by atoms with E-state index >= 15 is 0 Å². The van der Waals surface area contributed by atoms with E-state index in [4.69, 9.17) is 0 Å². The normalized spacial score (nSPS) is 13.6. The van der Waals surface area contributed by atoms with Gasteiger partial charge < -0.3 is 5.32 Å². The van der Waals surface area contributed by atoms with Crippen molar-refractivity contribution in [1.82, 2.24) is 5.32 Å². The number of allylic oxidation sites excluding steroid dienone is 4. The van der Waals surface area contributed by atoms with Gasteiger partial charge in [-0.2, -0.15) is 0 Å². The minimum Gasteiger partial charge on any atom is -0.319 e. The second-order valence-electron chi connectivity index (χ2n) is 4.43. The van der Waals surface area contributed by atoms with E-state index in [1.165, 1.54) is 18.4 Å². The standard InChI is InChI=1S/C11H21N.C4H6.C2H6.C2H4/c1-5-7-11(8-6-2)10(3)9-12-4;1-4-2-3-4;2*1-2/h5,7,10,12H,1,6,8-9H2,2-4H3;2-4H,1H3;1-2H3;1-2H2/b11-7-;;;. The van der Waals surface area contributed by atoms with Crippen LogP contribution in [0.3, 0.4) is 0 Å². The summed E-state index contributed by atoms with van der Waals surface area (Å²) in [5.74, 6) is 1.47. The molecule has 0 saturated heterocycles. The van der Waals surface area contributed by atoms with Crippen molar-refractivity contribution in [3.8, 4) is 0 Å². The van der Waals surface area contributed by atoms with Crippen molar-refractivity contribution in [2.75, 3.05) is 13.6 Å². The molecule has 0 aliphatic heterocycles. The number of rotatable bonds is 6. The Hall–Kier alpha value is -1.08. The van der Waals surface area contributed by atoms with Crippen molar-refractivity contribution in [1.29, 1.82) is 0 Å². The van der Waals surface area contributed by atoms with Crippen LogP contribution in [-0.4, -0.2) is 13.6 Å². The molecule has 0 aromatic heterocycles. The van der Waals surface area contributed by atoms with Gasteiger partial charge >= 0.3 is 0 Å². The van der Waals surface area contributed by atoms with Crippen LogP contribution >= 0.6 is 0 Å². The molecule has 0 radical (unpaired) electrons. The van der Waals surface area contributed by atoms with Gasteiger partial charge in [-0.05, 0) is 25.3 Å². The van der Waals surface area contributed by atoms with Crippen LogP contribution in [0.1, 0.15) is 47.5 Å². The summed E-state index contributed by atoms with van der Waals surface area (Å²) in [5, 5.41) is 3.19. The Labute approximate surface area is 128 Å². The summed E-state index contributed by atoms with van der Waals surface area (Å²) in [6.45, 7) is 21.4. The first-order chi connectivity index (χ1) is 9.65. The van der Waals surface area contributed by atoms with E-state index < -0.39 is 0 Å². The minimum absolute atomic E-state index is 0.632. The maximum Gasteiger partial charge on any atom is 0.00113 e. The van der Waals surface area contributed by atoms with Crippen LogP contribution in [-0.2, 0) is 0 Å². The first-order valence-electron chi connectivity index (χ1n) is 7.80. The van der Waals surface area contributed by atoms with E-state index in [2.05, 4.69) is 64.1 Å². The van der Waals surface area contributed by atoms with Crippen LogP contribution in [0.15, 0.2) is 49.6 Å². The van der Waals surface area contributed by atoms with Gasteiger partial charge in [0.1, 0.15) is 0 Å². The summed E-state index contributed by atoms with van der Waals surface area (Å²) in [5.41, 5.74) is 1.50. The Morgan fingerprint density at radius 2 is 1.75 bits per heavy atom. The lowest BCUT2D eigenvalue weighted by Crippen LogP contribution is -2.17. The number of hydrogen-bond donors (Lipinski definition) is 1. The van der Waals surface area contributed by atoms with Gasteiger partial charge in [0.05, 0.1) is 0 Å². The van der Waals surface area contributed by atoms with E-state index in [9.17, 15) is 0 Å². The SMILES string of the molecule is C=C.C=C/C=C(/CCC)C(C)CNC.CC.CC1C=C1. The van der Waals surface area contributed by atoms with E-state index in [-0.39, 0.29) is 0 Å². The van der Waals surface area contributed by atoms with E-state index in [0.29, 0.717) is 5.92 Å². The van der Waals surface area contributed by atoms with E-state index in [0.717, 1.165) is 12.5 Å². The Morgan fingerprint density at radius 1 is 1.30 bits per heavy atom. The van der Waals surface area contributed by atoms with Crippen molar-refractivity contribution < 1.29 is 0 Å². The number of nitrogens with one attached hydrogen (secondary N) is 1. The van der Waals surface area contributed by atoms with Gasteiger partial charge in [0, 0.05) is 6.54 Å². The third-order valence-electron chi connectivity index (χ3n) is 2.59. The fraction of sp³-hybridized carbons (Fsp3) is 0.579. The summed E-state index contributed by atoms with van der Waals surface area (Å²) in [4.78, 5) is 0. The van der Waals surface area contributed by atoms with Crippen LogP contribution in [0, 0.1) is 11.8 Å². The van der Waals surface area contributed by atoms with Gasteiger partial charge in [0.15, 0.2) is 0 Å². The first-order valence-corrected chi connectivity index (χ1v) is 7.80. The summed E-state index contributed by atoms with van der Waals surface area (Å²) < 4.78 is 0. The fourth-order valence-electron chi connectivity index (χ4n) is 1.48. The molecule has 0 spiro atoms. The average Bonchev–Trinajstić information content (AvgIpc) is 3.26. The molecule has 1 rings (SSSR count). The topological polar surface area (TPSA) is 12.0 Å². The zero-order valence-electron chi connectivity index (χ0n) is 14.7. The Kier molecular flexibility index (Phi) is 24.3. The smallest absolute Gasteiger partial charge is 0.00113 e. The predicted octanol–water partition coefficient (Wildman–Crippen LogP) is 5.78. The fourth-order valence-corrected chi connectivity index (χ4v) is 1.48. The second kappa shape index (κ2) is 20.2. The molecule has 1 heteroatoms. The van der Waals surface area contributed by atoms with E-state index in [1.54, 1.807) is 0 Å². The Bertz CT molecular complexity index is 244. The van der Waals surface area contributed by atoms with Gasteiger partial charge in [-0.15, -0.1) is 13.2 Å². The molecule has 1 N–H and O–H groups in total. The molecule has 1 aliphatic rings. The summed E-state index contributed by atoms with van der Waals surface area (Å²) in [6.07, 6.45) is 10.8. The zero-order valence-corrected chi connectivity index (χ0v) is 14.7. The summed E-state index contributed by atoms with van der Waals surface area (Å²) >= 11 is 0. The highest BCUT2D eigenvalue weighted by molar-refractivity contribution is 5.13. The van der Waals surface area contributed by atoms with Gasteiger partial charge in [-0.25, -0.2) is 0 Å². The monoisotopic (exact) mass is 279 g/mol. The maximum absolute atomic E-state index is 3.73. The average molecular weight is 280 g/mol. The molecule has 1 unspecified atom stereocenters. The minimum atomic E-state index is 0.632. The van der Waals surface area contributed by atoms with Crippen LogP contribution in [0.4, 0.5) is 0 Å². The van der Waals surface area contributed by atoms with Gasteiger partial charge in [-0.3, -0.25) is 0 Å². The molecule has 0 aromatic rings. The van der Waals surface area contributed by atoms with Crippen LogP contribution in [0.25, 0.3) is 0 Å². The summed E-state index contributed by atoms with van der Waals surface area (Å²) in [7, 11) is 1.99. The molecule has 0 saturated carbocycles. The third kappa shape index (κ3) is 19.3. The lowest BCUT2D eigenvalue weighted by atomic mass is 9.96.